The van der Waals surface area contributed by atoms with Crippen molar-refractivity contribution in [3.63, 3.8) is 0 Å². The molecule has 6 aromatic rings. The van der Waals surface area contributed by atoms with Crippen LogP contribution in [0.2, 0.25) is 10.0 Å². The summed E-state index contributed by atoms with van der Waals surface area (Å²) in [5.41, 5.74) is 0. The van der Waals surface area contributed by atoms with E-state index in [-0.39, 0.29) is 0 Å². The molecular weight excluding hydrogens is 867 g/mol. The van der Waals surface area contributed by atoms with Gasteiger partial charge in [-0.05, 0) is 72.8 Å². The van der Waals surface area contributed by atoms with Crippen molar-refractivity contribution in [3.8, 4) is 57.8 Å². The molecule has 0 N–H and O–H groups in total. The van der Waals surface area contributed by atoms with Crippen molar-refractivity contribution in [3.05, 3.63) is 142 Å². The number of para-hydroxylation sites is 2. The van der Waals surface area contributed by atoms with Gasteiger partial charge in [0.15, 0.2) is 23.0 Å². The van der Waals surface area contributed by atoms with Gasteiger partial charge >= 0.3 is 0 Å². The summed E-state index contributed by atoms with van der Waals surface area (Å²) in [6, 6.07) is 34.7. The van der Waals surface area contributed by atoms with E-state index in [9.17, 15) is 0 Å². The van der Waals surface area contributed by atoms with Crippen LogP contribution in [0.1, 0.15) is 0 Å². The Hall–Kier alpha value is -5.76. The van der Waals surface area contributed by atoms with E-state index in [0.29, 0.717) is 107 Å². The van der Waals surface area contributed by atoms with Gasteiger partial charge in [-0.1, -0.05) is 69.5 Å². The summed E-state index contributed by atoms with van der Waals surface area (Å²) in [6.07, 6.45) is 3.38. The number of nitrogens with zero attached hydrogens (tertiary/aromatic N) is 2. The molecule has 0 radical (unpaired) electrons. The minimum atomic E-state index is 0.336. The lowest BCUT2D eigenvalue weighted by Gasteiger charge is -2.14. The Labute approximate surface area is 362 Å². The van der Waals surface area contributed by atoms with Gasteiger partial charge in [-0.2, -0.15) is 0 Å². The van der Waals surface area contributed by atoms with Crippen LogP contribution < -0.4 is 47.4 Å². The van der Waals surface area contributed by atoms with Gasteiger partial charge in [-0.15, -0.1) is 0 Å². The number of aromatic nitrogens is 2. The van der Waals surface area contributed by atoms with Crippen molar-refractivity contribution in [2.24, 2.45) is 0 Å². The molecule has 0 fully saturated rings. The zero-order valence-electron chi connectivity index (χ0n) is 33.0. The van der Waals surface area contributed by atoms with Gasteiger partial charge < -0.3 is 47.4 Å². The lowest BCUT2D eigenvalue weighted by atomic mass is 10.3. The molecule has 0 aliphatic heterocycles. The van der Waals surface area contributed by atoms with Gasteiger partial charge in [0.1, 0.15) is 51.1 Å². The molecule has 0 atom stereocenters. The fourth-order valence-electron chi connectivity index (χ4n) is 4.82. The van der Waals surface area contributed by atoms with Gasteiger partial charge in [0.25, 0.3) is 0 Å². The van der Waals surface area contributed by atoms with Crippen molar-refractivity contribution in [2.45, 2.75) is 0 Å². The molecular formula is C44H45BrCl2N2O10. The second kappa shape index (κ2) is 26.3. The third kappa shape index (κ3) is 16.2. The molecule has 0 amide bonds. The summed E-state index contributed by atoms with van der Waals surface area (Å²) >= 11 is 15.3. The number of hydrogen-bond acceptors (Lipinski definition) is 12. The highest BCUT2D eigenvalue weighted by Crippen LogP contribution is 2.38. The predicted molar refractivity (Wildman–Crippen MR) is 231 cm³/mol. The number of hydrogen-bond donors (Lipinski definition) is 0. The summed E-state index contributed by atoms with van der Waals surface area (Å²) < 4.78 is 55.2. The third-order valence-electron chi connectivity index (χ3n) is 7.50. The Morgan fingerprint density at radius 2 is 0.898 bits per heavy atom. The van der Waals surface area contributed by atoms with Crippen LogP contribution in [0.15, 0.2) is 132 Å². The fourth-order valence-corrected chi connectivity index (χ4v) is 5.73. The number of methoxy groups -OCH3 is 4. The van der Waals surface area contributed by atoms with Crippen LogP contribution in [0.5, 0.6) is 57.8 Å². The first-order valence-electron chi connectivity index (χ1n) is 18.1. The molecule has 15 heteroatoms. The molecule has 0 saturated heterocycles. The Balaban J connectivity index is 0.000000198. The molecule has 0 aliphatic rings. The van der Waals surface area contributed by atoms with Crippen LogP contribution in [-0.4, -0.2) is 78.0 Å². The molecule has 312 valence electrons. The smallest absolute Gasteiger partial charge is 0.213 e. The molecule has 2 heterocycles. The standard InChI is InChI=1S/C16H16BrClO4.C16H17ClO4.C12H12N2O2/c1-19-14-4-3-5-15(20-2)16(14)22-9-8-21-13-7-6-11(17)10-12(13)18;1-18-14-7-4-8-15(19-2)16(14)21-10-9-20-13-6-3-5-12(17)11-13;1-3-7-13-11(5-1)15-9-10-16-12-6-2-4-8-14-12/h3-7,10H,8-9H2,1-2H3;3-8,11H,9-10H2,1-2H3;1-8H,9-10H2. The maximum Gasteiger partial charge on any atom is 0.213 e. The summed E-state index contributed by atoms with van der Waals surface area (Å²) in [7, 11) is 6.34. The molecule has 4 aromatic carbocycles. The second-order valence-electron chi connectivity index (χ2n) is 11.4. The Kier molecular flexibility index (Phi) is 20.5. The quantitative estimate of drug-likeness (QED) is 0.0720. The topological polar surface area (TPSA) is 118 Å². The number of pyridine rings is 2. The van der Waals surface area contributed by atoms with Crippen LogP contribution in [0.3, 0.4) is 0 Å². The lowest BCUT2D eigenvalue weighted by molar-refractivity contribution is 0.205. The predicted octanol–water partition coefficient (Wildman–Crippen LogP) is 10.3. The van der Waals surface area contributed by atoms with E-state index in [4.69, 9.17) is 70.6 Å². The van der Waals surface area contributed by atoms with E-state index in [1.165, 1.54) is 0 Å². The molecule has 0 saturated carbocycles. The van der Waals surface area contributed by atoms with Gasteiger partial charge in [-0.3, -0.25) is 0 Å². The third-order valence-corrected chi connectivity index (χ3v) is 8.52. The van der Waals surface area contributed by atoms with Crippen LogP contribution >= 0.6 is 39.1 Å². The fraction of sp³-hybridized carbons (Fsp3) is 0.227. The summed E-state index contributed by atoms with van der Waals surface area (Å²) in [6.45, 7) is 2.34. The first kappa shape index (κ1) is 45.9. The Bertz CT molecular complexity index is 2020. The van der Waals surface area contributed by atoms with Crippen LogP contribution in [0.4, 0.5) is 0 Å². The van der Waals surface area contributed by atoms with Crippen molar-refractivity contribution in [1.82, 2.24) is 9.97 Å². The van der Waals surface area contributed by atoms with Gasteiger partial charge in [-0.25, -0.2) is 9.97 Å². The Morgan fingerprint density at radius 1 is 0.441 bits per heavy atom. The lowest BCUT2D eigenvalue weighted by Crippen LogP contribution is -2.10. The highest BCUT2D eigenvalue weighted by Gasteiger charge is 2.12. The van der Waals surface area contributed by atoms with Crippen LogP contribution in [-0.2, 0) is 0 Å². The van der Waals surface area contributed by atoms with Crippen molar-refractivity contribution < 1.29 is 47.4 Å². The van der Waals surface area contributed by atoms with E-state index in [1.54, 1.807) is 77.2 Å². The highest BCUT2D eigenvalue weighted by molar-refractivity contribution is 9.10. The molecule has 0 spiro atoms. The zero-order valence-corrected chi connectivity index (χ0v) is 36.1. The minimum Gasteiger partial charge on any atom is -0.493 e. The van der Waals surface area contributed by atoms with E-state index < -0.39 is 0 Å². The average Bonchev–Trinajstić information content (AvgIpc) is 3.27. The van der Waals surface area contributed by atoms with Gasteiger partial charge in [0.05, 0.1) is 33.5 Å². The van der Waals surface area contributed by atoms with Crippen molar-refractivity contribution in [2.75, 3.05) is 68.1 Å². The average molecular weight is 913 g/mol. The van der Waals surface area contributed by atoms with E-state index in [0.717, 1.165) is 4.47 Å². The van der Waals surface area contributed by atoms with Gasteiger partial charge in [0.2, 0.25) is 23.3 Å². The molecule has 59 heavy (non-hydrogen) atoms. The van der Waals surface area contributed by atoms with E-state index in [2.05, 4.69) is 25.9 Å². The van der Waals surface area contributed by atoms with Crippen LogP contribution in [0, 0.1) is 0 Å². The zero-order chi connectivity index (χ0) is 42.1. The first-order chi connectivity index (χ1) is 28.8. The molecule has 6 rings (SSSR count). The first-order valence-corrected chi connectivity index (χ1v) is 19.6. The summed E-state index contributed by atoms with van der Waals surface area (Å²) in [5.74, 6) is 6.12. The minimum absolute atomic E-state index is 0.336. The SMILES string of the molecule is COc1cccc(OC)c1OCCOc1ccc(Br)cc1Cl.COc1cccc(OC)c1OCCOc1cccc(Cl)c1.c1ccc(OCCOc2ccccn2)nc1. The second-order valence-corrected chi connectivity index (χ2v) is 13.2. The van der Waals surface area contributed by atoms with Crippen molar-refractivity contribution >= 4 is 39.1 Å². The molecule has 0 unspecified atom stereocenters. The van der Waals surface area contributed by atoms with E-state index >= 15 is 0 Å². The Morgan fingerprint density at radius 3 is 1.34 bits per heavy atom. The number of rotatable bonds is 19. The highest BCUT2D eigenvalue weighted by atomic mass is 79.9. The maximum atomic E-state index is 6.08. The summed E-state index contributed by atoms with van der Waals surface area (Å²) in [5, 5.41) is 1.18. The molecule has 12 nitrogen and oxygen atoms in total. The normalized spacial score (nSPS) is 10.0. The van der Waals surface area contributed by atoms with Crippen molar-refractivity contribution in [1.29, 1.82) is 0 Å². The number of halogens is 3. The molecule has 0 bridgehead atoms. The van der Waals surface area contributed by atoms with E-state index in [1.807, 2.05) is 78.9 Å². The molecule has 0 aliphatic carbocycles. The monoisotopic (exact) mass is 910 g/mol. The number of ether oxygens (including phenoxy) is 10. The summed E-state index contributed by atoms with van der Waals surface area (Å²) in [4.78, 5) is 8.06. The number of benzene rings is 4. The maximum absolute atomic E-state index is 6.08. The van der Waals surface area contributed by atoms with Crippen LogP contribution in [0.25, 0.3) is 0 Å². The van der Waals surface area contributed by atoms with Gasteiger partial charge in [0, 0.05) is 34.0 Å². The largest absolute Gasteiger partial charge is 0.493 e. The molecule has 2 aromatic heterocycles.